The van der Waals surface area contributed by atoms with Crippen LogP contribution in [0.5, 0.6) is 0 Å². The van der Waals surface area contributed by atoms with Gasteiger partial charge in [0.25, 0.3) is 0 Å². The van der Waals surface area contributed by atoms with E-state index in [1.807, 2.05) is 13.8 Å². The topological polar surface area (TPSA) is 32.3 Å². The van der Waals surface area contributed by atoms with Crippen LogP contribution in [0, 0.1) is 5.92 Å². The van der Waals surface area contributed by atoms with Crippen molar-refractivity contribution in [1.29, 1.82) is 0 Å². The highest BCUT2D eigenvalue weighted by molar-refractivity contribution is 7.99. The van der Waals surface area contributed by atoms with Crippen molar-refractivity contribution in [2.45, 2.75) is 33.3 Å². The van der Waals surface area contributed by atoms with E-state index in [2.05, 4.69) is 19.2 Å². The summed E-state index contributed by atoms with van der Waals surface area (Å²) in [7, 11) is 0. The number of hydrogen-bond donors (Lipinski definition) is 2. The zero-order valence-electron chi connectivity index (χ0n) is 9.26. The van der Waals surface area contributed by atoms with Gasteiger partial charge in [-0.05, 0) is 26.3 Å². The highest BCUT2D eigenvalue weighted by Crippen LogP contribution is 2.10. The van der Waals surface area contributed by atoms with Crippen molar-refractivity contribution in [1.82, 2.24) is 5.32 Å². The Kier molecular flexibility index (Phi) is 6.82. The highest BCUT2D eigenvalue weighted by atomic mass is 32.2. The summed E-state index contributed by atoms with van der Waals surface area (Å²) in [4.78, 5) is 0. The lowest BCUT2D eigenvalue weighted by molar-refractivity contribution is 0.107. The zero-order chi connectivity index (χ0) is 10.3. The maximum atomic E-state index is 9.42. The molecule has 0 heterocycles. The van der Waals surface area contributed by atoms with Crippen LogP contribution < -0.4 is 5.32 Å². The highest BCUT2D eigenvalue weighted by Gasteiger charge is 2.11. The summed E-state index contributed by atoms with van der Waals surface area (Å²) in [6.07, 6.45) is 0. The molecule has 2 N–H and O–H groups in total. The molecule has 0 aliphatic rings. The Morgan fingerprint density at radius 1 is 1.38 bits per heavy atom. The summed E-state index contributed by atoms with van der Waals surface area (Å²) in [5, 5.41) is 12.8. The minimum Gasteiger partial charge on any atom is -0.390 e. The second kappa shape index (κ2) is 6.68. The van der Waals surface area contributed by atoms with Crippen molar-refractivity contribution in [3.63, 3.8) is 0 Å². The van der Waals surface area contributed by atoms with Gasteiger partial charge in [-0.15, -0.1) is 0 Å². The molecule has 2 nitrogen and oxygen atoms in total. The number of aliphatic hydroxyl groups is 1. The molecule has 0 rings (SSSR count). The van der Waals surface area contributed by atoms with Gasteiger partial charge in [-0.25, -0.2) is 0 Å². The molecule has 0 saturated heterocycles. The van der Waals surface area contributed by atoms with Crippen LogP contribution >= 0.6 is 11.8 Å². The van der Waals surface area contributed by atoms with Crippen LogP contribution in [0.4, 0.5) is 0 Å². The summed E-state index contributed by atoms with van der Waals surface area (Å²) in [5.41, 5.74) is -0.525. The maximum absolute atomic E-state index is 9.42. The lowest BCUT2D eigenvalue weighted by Crippen LogP contribution is -2.25. The number of hydrogen-bond acceptors (Lipinski definition) is 3. The summed E-state index contributed by atoms with van der Waals surface area (Å²) >= 11 is 1.80. The number of rotatable bonds is 7. The molecular weight excluding hydrogens is 182 g/mol. The van der Waals surface area contributed by atoms with Crippen LogP contribution in [0.3, 0.4) is 0 Å². The first-order valence-corrected chi connectivity index (χ1v) is 6.08. The van der Waals surface area contributed by atoms with E-state index in [0.29, 0.717) is 0 Å². The third kappa shape index (κ3) is 12.3. The summed E-state index contributed by atoms with van der Waals surface area (Å²) < 4.78 is 0. The minimum absolute atomic E-state index is 0.525. The summed E-state index contributed by atoms with van der Waals surface area (Å²) in [5.74, 6) is 2.62. The second-order valence-electron chi connectivity index (χ2n) is 4.46. The van der Waals surface area contributed by atoms with Crippen LogP contribution in [0.1, 0.15) is 27.7 Å². The Labute approximate surface area is 86.5 Å². The van der Waals surface area contributed by atoms with Gasteiger partial charge in [0.2, 0.25) is 0 Å². The van der Waals surface area contributed by atoms with Gasteiger partial charge in [0.05, 0.1) is 5.60 Å². The number of nitrogens with one attached hydrogen (secondary N) is 1. The smallest absolute Gasteiger partial charge is 0.0681 e. The predicted molar refractivity (Wildman–Crippen MR) is 61.3 cm³/mol. The van der Waals surface area contributed by atoms with Crippen molar-refractivity contribution in [2.75, 3.05) is 24.6 Å². The lowest BCUT2D eigenvalue weighted by atomic mass is 10.2. The Balaban J connectivity index is 3.09. The molecule has 0 aromatic rings. The van der Waals surface area contributed by atoms with E-state index in [4.69, 9.17) is 0 Å². The van der Waals surface area contributed by atoms with Gasteiger partial charge >= 0.3 is 0 Å². The van der Waals surface area contributed by atoms with E-state index in [1.165, 1.54) is 0 Å². The van der Waals surface area contributed by atoms with Gasteiger partial charge in [0.1, 0.15) is 0 Å². The molecule has 0 aromatic heterocycles. The fourth-order valence-electron chi connectivity index (χ4n) is 0.857. The molecule has 0 fully saturated rings. The average molecular weight is 205 g/mol. The zero-order valence-corrected chi connectivity index (χ0v) is 10.1. The largest absolute Gasteiger partial charge is 0.390 e. The molecule has 3 heteroatoms. The van der Waals surface area contributed by atoms with Gasteiger partial charge < -0.3 is 10.4 Å². The van der Waals surface area contributed by atoms with Gasteiger partial charge in [0, 0.05) is 18.1 Å². The van der Waals surface area contributed by atoms with Crippen molar-refractivity contribution in [3.8, 4) is 0 Å². The summed E-state index contributed by atoms with van der Waals surface area (Å²) in [6.45, 7) is 10.2. The van der Waals surface area contributed by atoms with Crippen molar-refractivity contribution >= 4 is 11.8 Å². The van der Waals surface area contributed by atoms with Gasteiger partial charge in [-0.1, -0.05) is 13.8 Å². The molecular formula is C10H23NOS. The Hall–Kier alpha value is 0.270. The first-order valence-electron chi connectivity index (χ1n) is 4.92. The fraction of sp³-hybridized carbons (Fsp3) is 1.00. The molecule has 0 bridgehead atoms. The van der Waals surface area contributed by atoms with Gasteiger partial charge in [-0.3, -0.25) is 0 Å². The Bertz CT molecular complexity index is 121. The first kappa shape index (κ1) is 13.3. The second-order valence-corrected chi connectivity index (χ2v) is 5.57. The fourth-order valence-corrected chi connectivity index (χ4v) is 1.79. The van der Waals surface area contributed by atoms with Crippen LogP contribution in [-0.4, -0.2) is 35.3 Å². The molecule has 0 saturated carbocycles. The molecule has 0 amide bonds. The van der Waals surface area contributed by atoms with Crippen LogP contribution in [0.15, 0.2) is 0 Å². The van der Waals surface area contributed by atoms with Crippen LogP contribution in [0.2, 0.25) is 0 Å². The van der Waals surface area contributed by atoms with E-state index in [1.54, 1.807) is 11.8 Å². The molecule has 0 unspecified atom stereocenters. The SMILES string of the molecule is CC(C)CNCCSCC(C)(C)O. The van der Waals surface area contributed by atoms with Crippen LogP contribution in [0.25, 0.3) is 0 Å². The predicted octanol–water partition coefficient (Wildman–Crippen LogP) is 1.74. The number of thioether (sulfide) groups is 1. The third-order valence-electron chi connectivity index (χ3n) is 1.43. The normalized spacial score (nSPS) is 12.5. The molecule has 0 atom stereocenters. The average Bonchev–Trinajstić information content (AvgIpc) is 1.93. The Morgan fingerprint density at radius 3 is 2.46 bits per heavy atom. The minimum atomic E-state index is -0.525. The Morgan fingerprint density at radius 2 is 2.00 bits per heavy atom. The van der Waals surface area contributed by atoms with E-state index < -0.39 is 5.60 Å². The summed E-state index contributed by atoms with van der Waals surface area (Å²) in [6, 6.07) is 0. The molecule has 0 aromatic carbocycles. The first-order chi connectivity index (χ1) is 5.92. The third-order valence-corrected chi connectivity index (χ3v) is 2.83. The monoisotopic (exact) mass is 205 g/mol. The van der Waals surface area contributed by atoms with Crippen molar-refractivity contribution < 1.29 is 5.11 Å². The quantitative estimate of drug-likeness (QED) is 0.621. The molecule has 0 radical (unpaired) electrons. The molecule has 0 aliphatic carbocycles. The van der Waals surface area contributed by atoms with E-state index in [9.17, 15) is 5.11 Å². The van der Waals surface area contributed by atoms with Crippen molar-refractivity contribution in [3.05, 3.63) is 0 Å². The lowest BCUT2D eigenvalue weighted by Gasteiger charge is -2.16. The van der Waals surface area contributed by atoms with Gasteiger partial charge in [-0.2, -0.15) is 11.8 Å². The van der Waals surface area contributed by atoms with Crippen LogP contribution in [-0.2, 0) is 0 Å². The van der Waals surface area contributed by atoms with E-state index in [-0.39, 0.29) is 0 Å². The van der Waals surface area contributed by atoms with E-state index in [0.717, 1.165) is 30.5 Å². The molecule has 80 valence electrons. The molecule has 0 aliphatic heterocycles. The van der Waals surface area contributed by atoms with Gasteiger partial charge in [0.15, 0.2) is 0 Å². The standard InChI is InChI=1S/C10H23NOS/c1-9(2)7-11-5-6-13-8-10(3,4)12/h9,11-12H,5-8H2,1-4H3. The molecule has 0 spiro atoms. The maximum Gasteiger partial charge on any atom is 0.0681 e. The molecule has 13 heavy (non-hydrogen) atoms. The van der Waals surface area contributed by atoms with Crippen molar-refractivity contribution in [2.24, 2.45) is 5.92 Å². The van der Waals surface area contributed by atoms with E-state index >= 15 is 0 Å².